The summed E-state index contributed by atoms with van der Waals surface area (Å²) >= 11 is -2.60. The second kappa shape index (κ2) is 13.9. The summed E-state index contributed by atoms with van der Waals surface area (Å²) in [5, 5.41) is 4.35. The molecule has 4 aromatic carbocycles. The molecule has 0 aliphatic heterocycles. The minimum absolute atomic E-state index is 0.211. The summed E-state index contributed by atoms with van der Waals surface area (Å²) in [6, 6.07) is 43.9. The third kappa shape index (κ3) is 5.91. The summed E-state index contributed by atoms with van der Waals surface area (Å²) in [4.78, 5) is 0. The molecule has 0 bridgehead atoms. The molecule has 212 valence electrons. The van der Waals surface area contributed by atoms with Gasteiger partial charge in [-0.05, 0) is 0 Å². The molecule has 0 saturated heterocycles. The predicted molar refractivity (Wildman–Crippen MR) is 182 cm³/mol. The van der Waals surface area contributed by atoms with E-state index in [4.69, 9.17) is 0 Å². The fourth-order valence-electron chi connectivity index (χ4n) is 7.61. The van der Waals surface area contributed by atoms with Crippen LogP contribution in [0.4, 0.5) is 0 Å². The average Bonchev–Trinajstić information content (AvgIpc) is 3.33. The Morgan fingerprint density at radius 1 is 0.537 bits per heavy atom. The molecule has 0 N–H and O–H groups in total. The maximum atomic E-state index is 2.51. The number of hydrogen-bond donors (Lipinski definition) is 0. The van der Waals surface area contributed by atoms with Crippen molar-refractivity contribution in [2.75, 3.05) is 0 Å². The van der Waals surface area contributed by atoms with E-state index in [0.717, 1.165) is 6.42 Å². The van der Waals surface area contributed by atoms with Crippen LogP contribution in [-0.4, -0.2) is 13.3 Å². The standard InChI is InChI=1S/C40H48Ge/c1-4-7-29-41(30-8-5-2,31-9-6-3)39-36-27-19-20-28-37(36)40(35-25-17-12-18-26-35,32-33-21-13-10-14-22-33)38(39)34-23-15-11-16-24-34/h10-28H,4-9,29-32H2,1-3H3. The van der Waals surface area contributed by atoms with Gasteiger partial charge in [-0.25, -0.2) is 0 Å². The molecular weight excluding hydrogens is 553 g/mol. The van der Waals surface area contributed by atoms with Gasteiger partial charge < -0.3 is 0 Å². The Balaban J connectivity index is 1.93. The first-order chi connectivity index (χ1) is 20.2. The van der Waals surface area contributed by atoms with E-state index in [1.165, 1.54) is 76.5 Å². The second-order valence-corrected chi connectivity index (χ2v) is 21.8. The Morgan fingerprint density at radius 2 is 1.02 bits per heavy atom. The number of hydrogen-bond acceptors (Lipinski definition) is 0. The van der Waals surface area contributed by atoms with E-state index < -0.39 is 13.3 Å². The summed E-state index contributed by atoms with van der Waals surface area (Å²) in [5.41, 5.74) is 8.81. The van der Waals surface area contributed by atoms with Gasteiger partial charge in [0.2, 0.25) is 0 Å². The first kappa shape index (κ1) is 29.6. The Bertz CT molecular complexity index is 1380. The molecule has 1 heteroatoms. The van der Waals surface area contributed by atoms with Gasteiger partial charge in [-0.3, -0.25) is 0 Å². The summed E-state index contributed by atoms with van der Waals surface area (Å²) in [6.45, 7) is 7.18. The van der Waals surface area contributed by atoms with Crippen LogP contribution in [0.3, 0.4) is 0 Å². The molecule has 1 aliphatic carbocycles. The normalized spacial score (nSPS) is 16.7. The van der Waals surface area contributed by atoms with Gasteiger partial charge in [0.25, 0.3) is 0 Å². The number of fused-ring (bicyclic) bond motifs is 1. The van der Waals surface area contributed by atoms with E-state index in [9.17, 15) is 0 Å². The van der Waals surface area contributed by atoms with Gasteiger partial charge in [-0.15, -0.1) is 0 Å². The van der Waals surface area contributed by atoms with E-state index in [0.29, 0.717) is 0 Å². The van der Waals surface area contributed by atoms with Gasteiger partial charge in [-0.1, -0.05) is 0 Å². The average molecular weight is 601 g/mol. The SMILES string of the molecule is CCC[CH2][Ge]([CH2]CCC)([CH2]CCC)[C]1=C(c2ccccc2)C(Cc2ccccc2)(c2ccccc2)c2ccccc21. The van der Waals surface area contributed by atoms with Crippen LogP contribution in [0.1, 0.15) is 87.1 Å². The van der Waals surface area contributed by atoms with Gasteiger partial charge in [0.15, 0.2) is 0 Å². The van der Waals surface area contributed by atoms with Crippen LogP contribution in [0.25, 0.3) is 9.98 Å². The molecule has 0 saturated carbocycles. The van der Waals surface area contributed by atoms with Gasteiger partial charge >= 0.3 is 253 Å². The van der Waals surface area contributed by atoms with Gasteiger partial charge in [0.05, 0.1) is 0 Å². The molecule has 1 atom stereocenters. The molecule has 1 unspecified atom stereocenters. The molecule has 0 aromatic heterocycles. The number of unbranched alkanes of at least 4 members (excludes halogenated alkanes) is 3. The van der Waals surface area contributed by atoms with Crippen molar-refractivity contribution in [2.45, 2.75) is 86.9 Å². The Morgan fingerprint density at radius 3 is 1.59 bits per heavy atom. The van der Waals surface area contributed by atoms with Crippen molar-refractivity contribution in [2.24, 2.45) is 0 Å². The number of allylic oxidation sites excluding steroid dienone is 1. The van der Waals surface area contributed by atoms with Gasteiger partial charge in [-0.2, -0.15) is 0 Å². The first-order valence-electron chi connectivity index (χ1n) is 16.2. The molecule has 0 nitrogen and oxygen atoms in total. The Labute approximate surface area is 252 Å². The summed E-state index contributed by atoms with van der Waals surface area (Å²) < 4.78 is 1.84. The van der Waals surface area contributed by atoms with Crippen LogP contribution in [0.15, 0.2) is 115 Å². The van der Waals surface area contributed by atoms with Crippen molar-refractivity contribution < 1.29 is 0 Å². The van der Waals surface area contributed by atoms with Crippen LogP contribution in [0.2, 0.25) is 15.8 Å². The van der Waals surface area contributed by atoms with Gasteiger partial charge in [0, 0.05) is 0 Å². The third-order valence-corrected chi connectivity index (χ3v) is 21.1. The van der Waals surface area contributed by atoms with E-state index in [-0.39, 0.29) is 5.41 Å². The maximum absolute atomic E-state index is 2.60. The van der Waals surface area contributed by atoms with Crippen LogP contribution in [-0.2, 0) is 11.8 Å². The van der Waals surface area contributed by atoms with E-state index in [1.807, 2.05) is 4.41 Å². The zero-order valence-corrected chi connectivity index (χ0v) is 27.6. The molecule has 4 aromatic rings. The molecular formula is C40H48Ge. The van der Waals surface area contributed by atoms with Crippen molar-refractivity contribution in [1.82, 2.24) is 0 Å². The molecule has 0 fully saturated rings. The van der Waals surface area contributed by atoms with E-state index in [2.05, 4.69) is 136 Å². The van der Waals surface area contributed by atoms with Crippen molar-refractivity contribution in [3.8, 4) is 0 Å². The fraction of sp³-hybridized carbons (Fsp3) is 0.350. The summed E-state index contributed by atoms with van der Waals surface area (Å²) in [6.07, 6.45) is 8.92. The van der Waals surface area contributed by atoms with Crippen LogP contribution < -0.4 is 0 Å². The third-order valence-electron chi connectivity index (χ3n) is 9.53. The molecule has 0 amide bonds. The summed E-state index contributed by atoms with van der Waals surface area (Å²) in [5.74, 6) is 0. The van der Waals surface area contributed by atoms with Gasteiger partial charge in [0.1, 0.15) is 0 Å². The zero-order chi connectivity index (χ0) is 28.5. The van der Waals surface area contributed by atoms with Crippen LogP contribution in [0, 0.1) is 0 Å². The molecule has 1 aliphatic rings. The molecule has 0 radical (unpaired) electrons. The molecule has 5 rings (SSSR count). The minimum atomic E-state index is -2.60. The Hall–Kier alpha value is -2.84. The van der Waals surface area contributed by atoms with Crippen LogP contribution >= 0.6 is 0 Å². The monoisotopic (exact) mass is 602 g/mol. The topological polar surface area (TPSA) is 0 Å². The molecule has 0 spiro atoms. The van der Waals surface area contributed by atoms with E-state index in [1.54, 1.807) is 11.1 Å². The van der Waals surface area contributed by atoms with Crippen molar-refractivity contribution in [1.29, 1.82) is 0 Å². The number of rotatable bonds is 14. The number of benzene rings is 4. The molecule has 0 heterocycles. The van der Waals surface area contributed by atoms with E-state index >= 15 is 0 Å². The fourth-order valence-corrected chi connectivity index (χ4v) is 20.8. The first-order valence-corrected chi connectivity index (χ1v) is 21.7. The van der Waals surface area contributed by atoms with Crippen molar-refractivity contribution in [3.63, 3.8) is 0 Å². The zero-order valence-electron chi connectivity index (χ0n) is 25.5. The van der Waals surface area contributed by atoms with Crippen molar-refractivity contribution in [3.05, 3.63) is 143 Å². The second-order valence-electron chi connectivity index (χ2n) is 12.2. The predicted octanol–water partition coefficient (Wildman–Crippen LogP) is 11.5. The van der Waals surface area contributed by atoms with Crippen LogP contribution in [0.5, 0.6) is 0 Å². The Kier molecular flexibility index (Phi) is 10.0. The summed E-state index contributed by atoms with van der Waals surface area (Å²) in [7, 11) is 0. The van der Waals surface area contributed by atoms with Crippen molar-refractivity contribution >= 4 is 23.2 Å². The molecule has 41 heavy (non-hydrogen) atoms. The quantitative estimate of drug-likeness (QED) is 0.126.